The summed E-state index contributed by atoms with van der Waals surface area (Å²) in [4.78, 5) is 18.5. The molecular formula is C20H32IN3O3. The summed E-state index contributed by atoms with van der Waals surface area (Å²) in [5, 5.41) is 3.45. The van der Waals surface area contributed by atoms with E-state index in [-0.39, 0.29) is 35.9 Å². The van der Waals surface area contributed by atoms with Gasteiger partial charge >= 0.3 is 5.97 Å². The fourth-order valence-corrected chi connectivity index (χ4v) is 3.18. The number of hydrogen-bond donors (Lipinski definition) is 1. The molecule has 1 aromatic carbocycles. The van der Waals surface area contributed by atoms with Crippen LogP contribution < -0.4 is 5.32 Å². The largest absolute Gasteiger partial charge is 0.466 e. The summed E-state index contributed by atoms with van der Waals surface area (Å²) in [6, 6.07) is 8.29. The first-order chi connectivity index (χ1) is 12.7. The molecule has 1 aliphatic heterocycles. The van der Waals surface area contributed by atoms with Gasteiger partial charge in [0, 0.05) is 33.3 Å². The first-order valence-electron chi connectivity index (χ1n) is 9.46. The van der Waals surface area contributed by atoms with Crippen LogP contribution in [-0.4, -0.2) is 50.2 Å². The number of nitrogens with zero attached hydrogens (tertiary/aromatic N) is 2. The normalized spacial score (nSPS) is 15.2. The minimum atomic E-state index is -0.0695. The maximum absolute atomic E-state index is 11.9. The zero-order valence-corrected chi connectivity index (χ0v) is 18.9. The van der Waals surface area contributed by atoms with Gasteiger partial charge in [-0.3, -0.25) is 9.79 Å². The maximum atomic E-state index is 11.9. The van der Waals surface area contributed by atoms with Crippen molar-refractivity contribution in [3.63, 3.8) is 0 Å². The Morgan fingerprint density at radius 2 is 1.85 bits per heavy atom. The number of carbonyl (C=O) groups is 1. The predicted octanol–water partition coefficient (Wildman–Crippen LogP) is 3.19. The van der Waals surface area contributed by atoms with Gasteiger partial charge in [-0.2, -0.15) is 0 Å². The lowest BCUT2D eigenvalue weighted by atomic mass is 9.97. The van der Waals surface area contributed by atoms with Crippen molar-refractivity contribution in [2.45, 2.75) is 39.8 Å². The van der Waals surface area contributed by atoms with Crippen molar-refractivity contribution in [1.29, 1.82) is 0 Å². The molecule has 0 amide bonds. The lowest BCUT2D eigenvalue weighted by Crippen LogP contribution is -2.46. The van der Waals surface area contributed by atoms with Crippen LogP contribution >= 0.6 is 24.0 Å². The molecule has 6 nitrogen and oxygen atoms in total. The summed E-state index contributed by atoms with van der Waals surface area (Å²) in [6.07, 6.45) is 1.61. The van der Waals surface area contributed by atoms with Gasteiger partial charge in [0.2, 0.25) is 0 Å². The third kappa shape index (κ3) is 7.29. The van der Waals surface area contributed by atoms with E-state index < -0.39 is 0 Å². The molecule has 0 spiro atoms. The Labute approximate surface area is 179 Å². The molecule has 1 heterocycles. The number of aliphatic imine (C=N–C) groups is 1. The number of benzene rings is 1. The molecule has 0 radical (unpaired) electrons. The van der Waals surface area contributed by atoms with Gasteiger partial charge < -0.3 is 19.7 Å². The zero-order chi connectivity index (χ0) is 18.8. The summed E-state index contributed by atoms with van der Waals surface area (Å²) < 4.78 is 10.7. The fraction of sp³-hybridized carbons (Fsp3) is 0.600. The Morgan fingerprint density at radius 1 is 1.19 bits per heavy atom. The second-order valence-corrected chi connectivity index (χ2v) is 6.32. The average Bonchev–Trinajstić information content (AvgIpc) is 2.68. The lowest BCUT2D eigenvalue weighted by Gasteiger charge is -2.33. The highest BCUT2D eigenvalue weighted by molar-refractivity contribution is 14.0. The van der Waals surface area contributed by atoms with E-state index in [1.54, 1.807) is 7.05 Å². The van der Waals surface area contributed by atoms with E-state index in [1.807, 2.05) is 26.0 Å². The molecule has 1 aliphatic rings. The molecule has 1 N–H and O–H groups in total. The molecule has 1 saturated heterocycles. The number of piperidine rings is 1. The quantitative estimate of drug-likeness (QED) is 0.276. The van der Waals surface area contributed by atoms with Gasteiger partial charge in [0.1, 0.15) is 0 Å². The van der Waals surface area contributed by atoms with E-state index in [9.17, 15) is 4.79 Å². The van der Waals surface area contributed by atoms with Crippen LogP contribution in [0.5, 0.6) is 0 Å². The highest BCUT2D eigenvalue weighted by Gasteiger charge is 2.27. The molecule has 0 aliphatic carbocycles. The number of likely N-dealkylation sites (tertiary alicyclic amines) is 1. The van der Waals surface area contributed by atoms with Crippen LogP contribution in [0.4, 0.5) is 0 Å². The minimum absolute atomic E-state index is 0. The van der Waals surface area contributed by atoms with Crippen LogP contribution in [0.15, 0.2) is 29.3 Å². The van der Waals surface area contributed by atoms with Crippen molar-refractivity contribution in [3.8, 4) is 0 Å². The van der Waals surface area contributed by atoms with Crippen molar-refractivity contribution < 1.29 is 14.3 Å². The van der Waals surface area contributed by atoms with Gasteiger partial charge in [0.05, 0.1) is 19.1 Å². The van der Waals surface area contributed by atoms with Gasteiger partial charge in [-0.1, -0.05) is 24.3 Å². The second-order valence-electron chi connectivity index (χ2n) is 6.32. The van der Waals surface area contributed by atoms with Crippen molar-refractivity contribution in [3.05, 3.63) is 35.4 Å². The number of rotatable bonds is 7. The van der Waals surface area contributed by atoms with Crippen LogP contribution in [0, 0.1) is 5.92 Å². The Hall–Kier alpha value is -1.35. The van der Waals surface area contributed by atoms with E-state index in [1.165, 1.54) is 11.1 Å². The molecule has 0 saturated carbocycles. The Kier molecular flexibility index (Phi) is 11.3. The number of esters is 1. The first-order valence-corrected chi connectivity index (χ1v) is 9.46. The summed E-state index contributed by atoms with van der Waals surface area (Å²) in [7, 11) is 1.80. The number of hydrogen-bond acceptors (Lipinski definition) is 4. The van der Waals surface area contributed by atoms with Gasteiger partial charge in [-0.15, -0.1) is 24.0 Å². The lowest BCUT2D eigenvalue weighted by molar-refractivity contribution is -0.149. The van der Waals surface area contributed by atoms with Gasteiger partial charge in [-0.25, -0.2) is 0 Å². The highest BCUT2D eigenvalue weighted by Crippen LogP contribution is 2.19. The van der Waals surface area contributed by atoms with Gasteiger partial charge in [0.25, 0.3) is 0 Å². The topological polar surface area (TPSA) is 63.2 Å². The summed E-state index contributed by atoms with van der Waals surface area (Å²) in [5.41, 5.74) is 2.40. The minimum Gasteiger partial charge on any atom is -0.466 e. The third-order valence-corrected chi connectivity index (χ3v) is 4.64. The summed E-state index contributed by atoms with van der Waals surface area (Å²) in [6.45, 7) is 7.95. The third-order valence-electron chi connectivity index (χ3n) is 4.64. The zero-order valence-electron chi connectivity index (χ0n) is 16.6. The van der Waals surface area contributed by atoms with Crippen LogP contribution in [0.2, 0.25) is 0 Å². The molecule has 0 atom stereocenters. The summed E-state index contributed by atoms with van der Waals surface area (Å²) in [5.74, 6) is 0.815. The average molecular weight is 489 g/mol. The van der Waals surface area contributed by atoms with Crippen molar-refractivity contribution >= 4 is 35.9 Å². The number of carbonyl (C=O) groups excluding carboxylic acids is 1. The Balaban J connectivity index is 0.00000364. The molecule has 0 unspecified atom stereocenters. The molecule has 1 aromatic rings. The number of guanidine groups is 1. The SMILES string of the molecule is CCOCc1ccccc1CNC(=NC)N1CCC(C(=O)OCC)CC1.I. The van der Waals surface area contributed by atoms with E-state index in [2.05, 4.69) is 27.3 Å². The van der Waals surface area contributed by atoms with Crippen LogP contribution in [0.1, 0.15) is 37.8 Å². The Bertz CT molecular complexity index is 602. The fourth-order valence-electron chi connectivity index (χ4n) is 3.18. The predicted molar refractivity (Wildman–Crippen MR) is 118 cm³/mol. The molecule has 27 heavy (non-hydrogen) atoms. The Morgan fingerprint density at radius 3 is 2.44 bits per heavy atom. The van der Waals surface area contributed by atoms with E-state index >= 15 is 0 Å². The van der Waals surface area contributed by atoms with Crippen molar-refractivity contribution in [1.82, 2.24) is 10.2 Å². The van der Waals surface area contributed by atoms with Gasteiger partial charge in [0.15, 0.2) is 5.96 Å². The maximum Gasteiger partial charge on any atom is 0.309 e. The number of nitrogens with one attached hydrogen (secondary N) is 1. The van der Waals surface area contributed by atoms with Crippen molar-refractivity contribution in [2.24, 2.45) is 10.9 Å². The monoisotopic (exact) mass is 489 g/mol. The number of ether oxygens (including phenoxy) is 2. The first kappa shape index (κ1) is 23.7. The molecule has 7 heteroatoms. The smallest absolute Gasteiger partial charge is 0.309 e. The van der Waals surface area contributed by atoms with E-state index in [4.69, 9.17) is 9.47 Å². The van der Waals surface area contributed by atoms with E-state index in [0.29, 0.717) is 26.4 Å². The second kappa shape index (κ2) is 12.9. The standard InChI is InChI=1S/C20H31N3O3.HI/c1-4-25-15-18-9-7-6-8-17(18)14-22-20(21-3)23-12-10-16(11-13-23)19(24)26-5-2;/h6-9,16H,4-5,10-15H2,1-3H3,(H,21,22);1H. The number of halogens is 1. The summed E-state index contributed by atoms with van der Waals surface area (Å²) >= 11 is 0. The molecule has 2 rings (SSSR count). The highest BCUT2D eigenvalue weighted by atomic mass is 127. The van der Waals surface area contributed by atoms with Crippen molar-refractivity contribution in [2.75, 3.05) is 33.4 Å². The van der Waals surface area contributed by atoms with Gasteiger partial charge in [-0.05, 0) is 37.8 Å². The molecule has 1 fully saturated rings. The van der Waals surface area contributed by atoms with Crippen LogP contribution in [-0.2, 0) is 27.4 Å². The molecule has 152 valence electrons. The molecule has 0 bridgehead atoms. The van der Waals surface area contributed by atoms with Crippen LogP contribution in [0.25, 0.3) is 0 Å². The molecular weight excluding hydrogens is 457 g/mol. The van der Waals surface area contributed by atoms with Crippen LogP contribution in [0.3, 0.4) is 0 Å². The van der Waals surface area contributed by atoms with E-state index in [0.717, 1.165) is 31.9 Å². The molecule has 0 aromatic heterocycles.